The number of amides is 2. The summed E-state index contributed by atoms with van der Waals surface area (Å²) in [6.07, 6.45) is 0. The molecule has 0 atom stereocenters. The number of aryl methyl sites for hydroxylation is 2. The van der Waals surface area contributed by atoms with Gasteiger partial charge in [0.05, 0.1) is 12.8 Å². The third-order valence-electron chi connectivity index (χ3n) is 4.05. The quantitative estimate of drug-likeness (QED) is 0.708. The van der Waals surface area contributed by atoms with E-state index < -0.39 is 0 Å². The fourth-order valence-corrected chi connectivity index (χ4v) is 2.59. The van der Waals surface area contributed by atoms with Gasteiger partial charge in [-0.05, 0) is 49.2 Å². The van der Waals surface area contributed by atoms with E-state index in [0.29, 0.717) is 27.9 Å². The molecule has 0 aromatic heterocycles. The lowest BCUT2D eigenvalue weighted by molar-refractivity contribution is -0.119. The number of carbonyl (C=O) groups excluding carboxylic acids is 2. The van der Waals surface area contributed by atoms with Crippen molar-refractivity contribution >= 4 is 34.8 Å². The Labute approximate surface area is 170 Å². The Bertz CT molecular complexity index is 858. The Morgan fingerprint density at radius 1 is 1.07 bits per heavy atom. The lowest BCUT2D eigenvalue weighted by Crippen LogP contribution is -2.21. The van der Waals surface area contributed by atoms with Gasteiger partial charge in [-0.2, -0.15) is 0 Å². The molecule has 0 unspecified atom stereocenters. The highest BCUT2D eigenvalue weighted by Crippen LogP contribution is 2.29. The molecule has 2 aromatic carbocycles. The molecule has 2 aromatic rings. The molecule has 150 valence electrons. The molecule has 0 heterocycles. The van der Waals surface area contributed by atoms with Crippen molar-refractivity contribution in [1.29, 1.82) is 0 Å². The second kappa shape index (κ2) is 9.46. The first-order chi connectivity index (χ1) is 13.2. The molecular weight excluding hydrogens is 380 g/mol. The summed E-state index contributed by atoms with van der Waals surface area (Å²) in [5.41, 5.74) is 2.86. The largest absolute Gasteiger partial charge is 0.494 e. The summed E-state index contributed by atoms with van der Waals surface area (Å²) in [6, 6.07) is 8.59. The standard InChI is InChI=1S/C21H25ClN2O4/c1-12(2)21(26)24-17-7-6-15(10-18(17)27-5)23-19(25)11-28-16-8-13(3)20(22)14(4)9-16/h6-10,12H,11H2,1-5H3,(H,23,25)(H,24,26). The lowest BCUT2D eigenvalue weighted by Gasteiger charge is -2.14. The molecule has 2 N–H and O–H groups in total. The van der Waals surface area contributed by atoms with Crippen molar-refractivity contribution in [1.82, 2.24) is 0 Å². The summed E-state index contributed by atoms with van der Waals surface area (Å²) in [5.74, 6) is 0.459. The first-order valence-electron chi connectivity index (χ1n) is 8.89. The number of methoxy groups -OCH3 is 1. The number of benzene rings is 2. The monoisotopic (exact) mass is 404 g/mol. The van der Waals surface area contributed by atoms with E-state index in [-0.39, 0.29) is 24.3 Å². The number of anilines is 2. The van der Waals surface area contributed by atoms with Crippen molar-refractivity contribution in [3.63, 3.8) is 0 Å². The highest BCUT2D eigenvalue weighted by molar-refractivity contribution is 6.32. The zero-order chi connectivity index (χ0) is 20.8. The first kappa shape index (κ1) is 21.6. The van der Waals surface area contributed by atoms with Crippen molar-refractivity contribution in [2.24, 2.45) is 5.92 Å². The molecule has 6 nitrogen and oxygen atoms in total. The Morgan fingerprint density at radius 2 is 1.71 bits per heavy atom. The minimum absolute atomic E-state index is 0.114. The van der Waals surface area contributed by atoms with Crippen LogP contribution in [-0.2, 0) is 9.59 Å². The summed E-state index contributed by atoms with van der Waals surface area (Å²) in [5, 5.41) is 6.23. The molecule has 0 fully saturated rings. The molecule has 0 bridgehead atoms. The first-order valence-corrected chi connectivity index (χ1v) is 9.27. The van der Waals surface area contributed by atoms with Crippen molar-refractivity contribution in [2.45, 2.75) is 27.7 Å². The van der Waals surface area contributed by atoms with Crippen molar-refractivity contribution in [3.8, 4) is 11.5 Å². The molecule has 0 aliphatic rings. The Hall–Kier alpha value is -2.73. The number of halogens is 1. The lowest BCUT2D eigenvalue weighted by atomic mass is 10.1. The third-order valence-corrected chi connectivity index (χ3v) is 4.64. The van der Waals surface area contributed by atoms with Crippen LogP contribution in [0.2, 0.25) is 5.02 Å². The molecule has 7 heteroatoms. The van der Waals surface area contributed by atoms with Crippen LogP contribution in [0.5, 0.6) is 11.5 Å². The van der Waals surface area contributed by atoms with Gasteiger partial charge in [0.2, 0.25) is 5.91 Å². The van der Waals surface area contributed by atoms with Gasteiger partial charge in [0.1, 0.15) is 11.5 Å². The van der Waals surface area contributed by atoms with E-state index in [4.69, 9.17) is 21.1 Å². The molecule has 0 saturated carbocycles. The molecule has 0 aliphatic heterocycles. The molecule has 0 spiro atoms. The number of carbonyl (C=O) groups is 2. The van der Waals surface area contributed by atoms with Crippen molar-refractivity contribution in [2.75, 3.05) is 24.4 Å². The average Bonchev–Trinajstić information content (AvgIpc) is 2.65. The van der Waals surface area contributed by atoms with Gasteiger partial charge in [-0.15, -0.1) is 0 Å². The molecule has 28 heavy (non-hydrogen) atoms. The normalized spacial score (nSPS) is 10.5. The predicted octanol–water partition coefficient (Wildman–Crippen LogP) is 4.58. The number of hydrogen-bond acceptors (Lipinski definition) is 4. The zero-order valence-corrected chi connectivity index (χ0v) is 17.4. The maximum Gasteiger partial charge on any atom is 0.262 e. The SMILES string of the molecule is COc1cc(NC(=O)COc2cc(C)c(Cl)c(C)c2)ccc1NC(=O)C(C)C. The average molecular weight is 405 g/mol. The van der Waals surface area contributed by atoms with Crippen LogP contribution in [0.4, 0.5) is 11.4 Å². The zero-order valence-electron chi connectivity index (χ0n) is 16.7. The third kappa shape index (κ3) is 5.63. The number of hydrogen-bond donors (Lipinski definition) is 2. The fourth-order valence-electron chi connectivity index (χ4n) is 2.48. The van der Waals surface area contributed by atoms with Crippen LogP contribution in [0.25, 0.3) is 0 Å². The second-order valence-electron chi connectivity index (χ2n) is 6.77. The van der Waals surface area contributed by atoms with Crippen molar-refractivity contribution in [3.05, 3.63) is 46.5 Å². The summed E-state index contributed by atoms with van der Waals surface area (Å²) in [7, 11) is 1.50. The van der Waals surface area contributed by atoms with Crippen molar-refractivity contribution < 1.29 is 19.1 Å². The predicted molar refractivity (Wildman–Crippen MR) is 112 cm³/mol. The summed E-state index contributed by atoms with van der Waals surface area (Å²) in [6.45, 7) is 7.23. The molecule has 0 aliphatic carbocycles. The topological polar surface area (TPSA) is 76.7 Å². The van der Waals surface area contributed by atoms with Crippen LogP contribution in [0.3, 0.4) is 0 Å². The van der Waals surface area contributed by atoms with E-state index >= 15 is 0 Å². The summed E-state index contributed by atoms with van der Waals surface area (Å²) >= 11 is 6.14. The van der Waals surface area contributed by atoms with Gasteiger partial charge in [0, 0.05) is 22.7 Å². The highest BCUT2D eigenvalue weighted by Gasteiger charge is 2.13. The van der Waals surface area contributed by atoms with E-state index in [1.807, 2.05) is 13.8 Å². The van der Waals surface area contributed by atoms with E-state index in [1.165, 1.54) is 7.11 Å². The van der Waals surface area contributed by atoms with Gasteiger partial charge in [-0.25, -0.2) is 0 Å². The van der Waals surface area contributed by atoms with E-state index in [1.54, 1.807) is 44.2 Å². The minimum Gasteiger partial charge on any atom is -0.494 e. The van der Waals surface area contributed by atoms with E-state index in [2.05, 4.69) is 10.6 Å². The number of ether oxygens (including phenoxy) is 2. The molecular formula is C21H25ClN2O4. The number of nitrogens with one attached hydrogen (secondary N) is 2. The maximum atomic E-state index is 12.2. The van der Waals surface area contributed by atoms with Gasteiger partial charge in [0.15, 0.2) is 6.61 Å². The Kier molecular flexibility index (Phi) is 7.29. The van der Waals surface area contributed by atoms with Crippen LogP contribution in [0.1, 0.15) is 25.0 Å². The van der Waals surface area contributed by atoms with E-state index in [0.717, 1.165) is 11.1 Å². The fraction of sp³-hybridized carbons (Fsp3) is 0.333. The van der Waals surface area contributed by atoms with Crippen LogP contribution >= 0.6 is 11.6 Å². The van der Waals surface area contributed by atoms with Crippen LogP contribution in [0.15, 0.2) is 30.3 Å². The molecule has 0 saturated heterocycles. The van der Waals surface area contributed by atoms with E-state index in [9.17, 15) is 9.59 Å². The minimum atomic E-state index is -0.314. The molecule has 2 amide bonds. The van der Waals surface area contributed by atoms with Gasteiger partial charge in [-0.1, -0.05) is 25.4 Å². The summed E-state index contributed by atoms with van der Waals surface area (Å²) in [4.78, 5) is 24.1. The summed E-state index contributed by atoms with van der Waals surface area (Å²) < 4.78 is 10.9. The second-order valence-corrected chi connectivity index (χ2v) is 7.14. The van der Waals surface area contributed by atoms with Gasteiger partial charge in [0.25, 0.3) is 5.91 Å². The smallest absolute Gasteiger partial charge is 0.262 e. The maximum absolute atomic E-state index is 12.2. The van der Waals surface area contributed by atoms with Crippen LogP contribution in [0, 0.1) is 19.8 Å². The van der Waals surface area contributed by atoms with Crippen LogP contribution in [-0.4, -0.2) is 25.5 Å². The molecule has 2 rings (SSSR count). The number of rotatable bonds is 7. The highest BCUT2D eigenvalue weighted by atomic mass is 35.5. The van der Waals surface area contributed by atoms with Gasteiger partial charge in [-0.3, -0.25) is 9.59 Å². The molecule has 0 radical (unpaired) electrons. The van der Waals surface area contributed by atoms with Gasteiger partial charge >= 0.3 is 0 Å². The Balaban J connectivity index is 2.01. The van der Waals surface area contributed by atoms with Gasteiger partial charge < -0.3 is 20.1 Å². The van der Waals surface area contributed by atoms with Crippen LogP contribution < -0.4 is 20.1 Å². The Morgan fingerprint density at radius 3 is 2.29 bits per heavy atom.